The summed E-state index contributed by atoms with van der Waals surface area (Å²) in [7, 11) is 0. The molecule has 3 amide bonds. The van der Waals surface area contributed by atoms with Crippen LogP contribution in [0, 0.1) is 13.8 Å². The van der Waals surface area contributed by atoms with E-state index in [1.165, 1.54) is 12.0 Å². The smallest absolute Gasteiger partial charge is 0.318 e. The van der Waals surface area contributed by atoms with Gasteiger partial charge in [-0.15, -0.1) is 0 Å². The molecule has 7 heteroatoms. The lowest BCUT2D eigenvalue weighted by Gasteiger charge is -2.32. The normalized spacial score (nSPS) is 20.0. The Hall–Kier alpha value is -2.57. The van der Waals surface area contributed by atoms with Crippen LogP contribution in [0.5, 0.6) is 0 Å². The summed E-state index contributed by atoms with van der Waals surface area (Å²) in [5.41, 5.74) is 4.28. The number of amides is 3. The Balaban J connectivity index is 1.40. The predicted octanol–water partition coefficient (Wildman–Crippen LogP) is 2.87. The van der Waals surface area contributed by atoms with E-state index in [9.17, 15) is 9.59 Å². The number of benzene rings is 1. The number of nitrogens with one attached hydrogen (secondary N) is 2. The fraction of sp³-hybridized carbons (Fsp3) is 0.571. The lowest BCUT2D eigenvalue weighted by atomic mass is 10.1. The van der Waals surface area contributed by atoms with Crippen molar-refractivity contribution < 1.29 is 9.59 Å². The van der Waals surface area contributed by atoms with Gasteiger partial charge in [-0.25, -0.2) is 9.78 Å². The van der Waals surface area contributed by atoms with E-state index in [1.807, 2.05) is 11.0 Å². The molecule has 1 aromatic carbocycles. The molecule has 0 saturated carbocycles. The number of hydrogen-bond donors (Lipinski definition) is 2. The van der Waals surface area contributed by atoms with Crippen LogP contribution in [0.1, 0.15) is 49.1 Å². The first kappa shape index (κ1) is 18.8. The van der Waals surface area contributed by atoms with Gasteiger partial charge >= 0.3 is 6.03 Å². The van der Waals surface area contributed by atoms with Crippen molar-refractivity contribution >= 4 is 23.0 Å². The number of likely N-dealkylation sites (tertiary alicyclic amines) is 2. The van der Waals surface area contributed by atoms with Crippen LogP contribution in [-0.2, 0) is 11.3 Å². The Morgan fingerprint density at radius 3 is 2.71 bits per heavy atom. The minimum atomic E-state index is -0.321. The third-order valence-electron chi connectivity index (χ3n) is 6.10. The fourth-order valence-electron chi connectivity index (χ4n) is 4.30. The second-order valence-corrected chi connectivity index (χ2v) is 7.98. The number of urea groups is 1. The van der Waals surface area contributed by atoms with Crippen LogP contribution in [0.4, 0.5) is 4.79 Å². The van der Waals surface area contributed by atoms with Crippen LogP contribution in [0.25, 0.3) is 11.0 Å². The van der Waals surface area contributed by atoms with Crippen molar-refractivity contribution in [2.45, 2.75) is 58.5 Å². The van der Waals surface area contributed by atoms with E-state index in [-0.39, 0.29) is 18.0 Å². The minimum Gasteiger partial charge on any atom is -0.341 e. The molecule has 1 aromatic heterocycles. The lowest BCUT2D eigenvalue weighted by Crippen LogP contribution is -2.51. The molecule has 0 unspecified atom stereocenters. The molecule has 2 fully saturated rings. The highest BCUT2D eigenvalue weighted by molar-refractivity contribution is 5.88. The number of imidazole rings is 1. The summed E-state index contributed by atoms with van der Waals surface area (Å²) >= 11 is 0. The second-order valence-electron chi connectivity index (χ2n) is 7.98. The maximum Gasteiger partial charge on any atom is 0.318 e. The van der Waals surface area contributed by atoms with Crippen LogP contribution in [0.2, 0.25) is 0 Å². The van der Waals surface area contributed by atoms with Gasteiger partial charge in [-0.05, 0) is 63.1 Å². The number of H-pyrrole nitrogens is 1. The number of rotatable bonds is 3. The molecule has 1 atom stereocenters. The van der Waals surface area contributed by atoms with Gasteiger partial charge in [-0.1, -0.05) is 6.07 Å². The first-order valence-corrected chi connectivity index (χ1v) is 10.3. The fourth-order valence-corrected chi connectivity index (χ4v) is 4.30. The first-order chi connectivity index (χ1) is 13.5. The zero-order chi connectivity index (χ0) is 19.7. The van der Waals surface area contributed by atoms with E-state index in [0.717, 1.165) is 61.2 Å². The van der Waals surface area contributed by atoms with Gasteiger partial charge in [0.2, 0.25) is 5.91 Å². The van der Waals surface area contributed by atoms with Crippen molar-refractivity contribution in [3.63, 3.8) is 0 Å². The largest absolute Gasteiger partial charge is 0.341 e. The number of aryl methyl sites for hydroxylation is 2. The highest BCUT2D eigenvalue weighted by atomic mass is 16.2. The Morgan fingerprint density at radius 1 is 1.14 bits per heavy atom. The quantitative estimate of drug-likeness (QED) is 0.855. The average molecular weight is 383 g/mol. The molecule has 7 nitrogen and oxygen atoms in total. The maximum atomic E-state index is 12.9. The number of hydrogen-bond acceptors (Lipinski definition) is 3. The van der Waals surface area contributed by atoms with E-state index in [1.54, 1.807) is 4.90 Å². The highest BCUT2D eigenvalue weighted by Gasteiger charge is 2.36. The number of aromatic nitrogens is 2. The standard InChI is InChI=1S/C21H29N5O2/c1-14-8-9-16-19(15(14)2)24-18(23-16)13-22-21(28)26-12-6-7-17(26)20(27)25-10-4-3-5-11-25/h8-9,17H,3-7,10-13H2,1-2H3,(H,22,28)(H,23,24)/t17-/m0/s1. The van der Waals surface area contributed by atoms with E-state index < -0.39 is 0 Å². The molecule has 150 valence electrons. The SMILES string of the molecule is Cc1ccc2[nH]c(CNC(=O)N3CCC[C@H]3C(=O)N3CCCCC3)nc2c1C. The monoisotopic (exact) mass is 383 g/mol. The van der Waals surface area contributed by atoms with Gasteiger partial charge in [0.1, 0.15) is 11.9 Å². The number of carbonyl (C=O) groups excluding carboxylic acids is 2. The molecule has 0 bridgehead atoms. The van der Waals surface area contributed by atoms with Crippen molar-refractivity contribution in [1.82, 2.24) is 25.1 Å². The Labute approximate surface area is 165 Å². The van der Waals surface area contributed by atoms with Gasteiger partial charge in [0, 0.05) is 19.6 Å². The van der Waals surface area contributed by atoms with Crippen molar-refractivity contribution in [3.8, 4) is 0 Å². The molecular weight excluding hydrogens is 354 g/mol. The van der Waals surface area contributed by atoms with Gasteiger partial charge in [-0.2, -0.15) is 0 Å². The zero-order valence-corrected chi connectivity index (χ0v) is 16.8. The number of nitrogens with zero attached hydrogens (tertiary/aromatic N) is 3. The maximum absolute atomic E-state index is 12.9. The molecule has 0 aliphatic carbocycles. The summed E-state index contributed by atoms with van der Waals surface area (Å²) in [6.45, 7) is 6.73. The number of aromatic amines is 1. The predicted molar refractivity (Wildman–Crippen MR) is 108 cm³/mol. The highest BCUT2D eigenvalue weighted by Crippen LogP contribution is 2.22. The third-order valence-corrected chi connectivity index (χ3v) is 6.10. The van der Waals surface area contributed by atoms with Gasteiger partial charge in [-0.3, -0.25) is 4.79 Å². The summed E-state index contributed by atoms with van der Waals surface area (Å²) in [5.74, 6) is 0.845. The summed E-state index contributed by atoms with van der Waals surface area (Å²) in [5, 5.41) is 2.95. The molecule has 3 heterocycles. The topological polar surface area (TPSA) is 81.3 Å². The summed E-state index contributed by atoms with van der Waals surface area (Å²) in [6.07, 6.45) is 4.95. The molecule has 2 aromatic rings. The summed E-state index contributed by atoms with van der Waals surface area (Å²) in [4.78, 5) is 37.2. The van der Waals surface area contributed by atoms with Crippen molar-refractivity contribution in [3.05, 3.63) is 29.1 Å². The van der Waals surface area contributed by atoms with Gasteiger partial charge in [0.15, 0.2) is 0 Å². The molecule has 0 spiro atoms. The molecular formula is C21H29N5O2. The Kier molecular flexibility index (Phi) is 5.24. The van der Waals surface area contributed by atoms with E-state index in [4.69, 9.17) is 0 Å². The lowest BCUT2D eigenvalue weighted by molar-refractivity contribution is -0.136. The third kappa shape index (κ3) is 3.57. The number of piperidine rings is 1. The molecule has 2 aliphatic heterocycles. The summed E-state index contributed by atoms with van der Waals surface area (Å²) in [6, 6.07) is 3.59. The summed E-state index contributed by atoms with van der Waals surface area (Å²) < 4.78 is 0. The molecule has 4 rings (SSSR count). The Bertz CT molecular complexity index is 884. The van der Waals surface area contributed by atoms with Crippen LogP contribution in [0.15, 0.2) is 12.1 Å². The molecule has 0 radical (unpaired) electrons. The van der Waals surface area contributed by atoms with Crippen LogP contribution in [-0.4, -0.2) is 57.4 Å². The number of fused-ring (bicyclic) bond motifs is 1. The van der Waals surface area contributed by atoms with Gasteiger partial charge in [0.05, 0.1) is 17.6 Å². The van der Waals surface area contributed by atoms with E-state index in [0.29, 0.717) is 13.1 Å². The average Bonchev–Trinajstić information content (AvgIpc) is 3.36. The first-order valence-electron chi connectivity index (χ1n) is 10.3. The van der Waals surface area contributed by atoms with Crippen LogP contribution >= 0.6 is 0 Å². The van der Waals surface area contributed by atoms with Gasteiger partial charge in [0.25, 0.3) is 0 Å². The minimum absolute atomic E-state index is 0.113. The second kappa shape index (κ2) is 7.81. The van der Waals surface area contributed by atoms with Crippen LogP contribution in [0.3, 0.4) is 0 Å². The number of carbonyl (C=O) groups is 2. The zero-order valence-electron chi connectivity index (χ0n) is 16.8. The van der Waals surface area contributed by atoms with E-state index in [2.05, 4.69) is 35.2 Å². The van der Waals surface area contributed by atoms with Crippen LogP contribution < -0.4 is 5.32 Å². The molecule has 28 heavy (non-hydrogen) atoms. The van der Waals surface area contributed by atoms with E-state index >= 15 is 0 Å². The van der Waals surface area contributed by atoms with Crippen molar-refractivity contribution in [2.75, 3.05) is 19.6 Å². The molecule has 2 N–H and O–H groups in total. The Morgan fingerprint density at radius 2 is 1.93 bits per heavy atom. The molecule has 2 aliphatic rings. The van der Waals surface area contributed by atoms with Crippen molar-refractivity contribution in [2.24, 2.45) is 0 Å². The molecule has 2 saturated heterocycles. The van der Waals surface area contributed by atoms with Gasteiger partial charge < -0.3 is 20.1 Å². The van der Waals surface area contributed by atoms with Crippen molar-refractivity contribution in [1.29, 1.82) is 0 Å².